The highest BCUT2D eigenvalue weighted by Gasteiger charge is 2.04. The average molecular weight is 245 g/mol. The monoisotopic (exact) mass is 245 g/mol. The maximum absolute atomic E-state index is 11.1. The predicted octanol–water partition coefficient (Wildman–Crippen LogP) is 2.04. The molecule has 1 rings (SSSR count). The molecule has 2 atom stereocenters. The number of hydrogen-bond acceptors (Lipinski definition) is 3. The van der Waals surface area contributed by atoms with Crippen molar-refractivity contribution < 1.29 is 4.21 Å². The van der Waals surface area contributed by atoms with Crippen LogP contribution in [0.5, 0.6) is 0 Å². The van der Waals surface area contributed by atoms with Crippen LogP contribution >= 0.6 is 11.3 Å². The Labute approximate surface area is 98.6 Å². The van der Waals surface area contributed by atoms with Crippen LogP contribution < -0.4 is 5.32 Å². The minimum Gasteiger partial charge on any atom is -0.316 e. The average Bonchev–Trinajstić information content (AvgIpc) is 2.69. The molecule has 1 heterocycles. The summed E-state index contributed by atoms with van der Waals surface area (Å²) in [4.78, 5) is 1.43. The van der Waals surface area contributed by atoms with Crippen molar-refractivity contribution in [2.24, 2.45) is 0 Å². The first kappa shape index (κ1) is 12.9. The van der Waals surface area contributed by atoms with E-state index in [-0.39, 0.29) is 0 Å². The first-order chi connectivity index (χ1) is 7.20. The number of thiophene rings is 1. The van der Waals surface area contributed by atoms with Crippen molar-refractivity contribution in [3.63, 3.8) is 0 Å². The van der Waals surface area contributed by atoms with Crippen LogP contribution in [0.4, 0.5) is 0 Å². The van der Waals surface area contributed by atoms with E-state index in [1.807, 2.05) is 6.92 Å². The summed E-state index contributed by atoms with van der Waals surface area (Å²) in [5.74, 6) is 0. The third kappa shape index (κ3) is 5.44. The van der Waals surface area contributed by atoms with Crippen molar-refractivity contribution >= 4 is 22.1 Å². The lowest BCUT2D eigenvalue weighted by Gasteiger charge is -2.08. The third-order valence-corrected chi connectivity index (χ3v) is 4.73. The molecule has 0 fully saturated rings. The van der Waals surface area contributed by atoms with E-state index >= 15 is 0 Å². The molecular formula is C11H19NOS2. The Morgan fingerprint density at radius 2 is 2.33 bits per heavy atom. The molecule has 0 bridgehead atoms. The zero-order valence-corrected chi connectivity index (χ0v) is 11.0. The lowest BCUT2D eigenvalue weighted by Crippen LogP contribution is -2.23. The summed E-state index contributed by atoms with van der Waals surface area (Å²) in [5, 5.41) is 5.80. The van der Waals surface area contributed by atoms with Gasteiger partial charge < -0.3 is 5.32 Å². The summed E-state index contributed by atoms with van der Waals surface area (Å²) in [5.41, 5.74) is 0. The van der Waals surface area contributed by atoms with E-state index < -0.39 is 10.8 Å². The highest BCUT2D eigenvalue weighted by Crippen LogP contribution is 2.08. The molecular weight excluding hydrogens is 226 g/mol. The van der Waals surface area contributed by atoms with Gasteiger partial charge in [0.05, 0.1) is 0 Å². The van der Waals surface area contributed by atoms with E-state index in [2.05, 4.69) is 22.8 Å². The largest absolute Gasteiger partial charge is 0.316 e. The lowest BCUT2D eigenvalue weighted by molar-refractivity contribution is 0.630. The van der Waals surface area contributed by atoms with E-state index in [0.29, 0.717) is 5.25 Å². The van der Waals surface area contributed by atoms with Gasteiger partial charge in [0.25, 0.3) is 0 Å². The molecule has 1 aromatic rings. The zero-order chi connectivity index (χ0) is 11.1. The van der Waals surface area contributed by atoms with Gasteiger partial charge in [0.2, 0.25) is 0 Å². The molecule has 0 spiro atoms. The van der Waals surface area contributed by atoms with Gasteiger partial charge in [0.15, 0.2) is 0 Å². The second kappa shape index (κ2) is 7.14. The summed E-state index contributed by atoms with van der Waals surface area (Å²) >= 11 is 1.80. The van der Waals surface area contributed by atoms with Gasteiger partial charge in [-0.25, -0.2) is 0 Å². The Kier molecular flexibility index (Phi) is 6.13. The molecule has 2 nitrogen and oxygen atoms in total. The van der Waals surface area contributed by atoms with Crippen LogP contribution in [-0.4, -0.2) is 28.8 Å². The lowest BCUT2D eigenvalue weighted by atomic mass is 10.3. The Balaban J connectivity index is 2.00. The van der Waals surface area contributed by atoms with Gasteiger partial charge in [-0.15, -0.1) is 11.3 Å². The minimum absolute atomic E-state index is 0.305. The SMILES string of the molecule is CC(CCNCCc1cccs1)S(C)=O. The molecule has 0 radical (unpaired) electrons. The van der Waals surface area contributed by atoms with Crippen molar-refractivity contribution in [3.05, 3.63) is 22.4 Å². The molecule has 0 saturated carbocycles. The zero-order valence-electron chi connectivity index (χ0n) is 9.36. The molecule has 86 valence electrons. The quantitative estimate of drug-likeness (QED) is 0.745. The van der Waals surface area contributed by atoms with Crippen molar-refractivity contribution in [1.82, 2.24) is 5.32 Å². The van der Waals surface area contributed by atoms with Crippen LogP contribution in [0, 0.1) is 0 Å². The van der Waals surface area contributed by atoms with Gasteiger partial charge in [0.1, 0.15) is 0 Å². The molecule has 2 unspecified atom stereocenters. The van der Waals surface area contributed by atoms with Gasteiger partial charge in [-0.05, 0) is 37.4 Å². The normalized spacial score (nSPS) is 15.1. The first-order valence-electron chi connectivity index (χ1n) is 5.25. The summed E-state index contributed by atoms with van der Waals surface area (Å²) in [7, 11) is -0.683. The summed E-state index contributed by atoms with van der Waals surface area (Å²) in [6, 6.07) is 4.25. The number of hydrogen-bond donors (Lipinski definition) is 1. The highest BCUT2D eigenvalue weighted by atomic mass is 32.2. The van der Waals surface area contributed by atoms with E-state index in [1.165, 1.54) is 4.88 Å². The van der Waals surface area contributed by atoms with Gasteiger partial charge in [0, 0.05) is 27.2 Å². The number of nitrogens with one attached hydrogen (secondary N) is 1. The summed E-state index contributed by atoms with van der Waals surface area (Å²) in [6.45, 7) is 4.02. The molecule has 0 saturated heterocycles. The predicted molar refractivity (Wildman–Crippen MR) is 69.0 cm³/mol. The Morgan fingerprint density at radius 1 is 1.53 bits per heavy atom. The molecule has 0 amide bonds. The van der Waals surface area contributed by atoms with E-state index in [0.717, 1.165) is 25.9 Å². The van der Waals surface area contributed by atoms with Crippen molar-refractivity contribution in [2.45, 2.75) is 25.0 Å². The topological polar surface area (TPSA) is 29.1 Å². The standard InChI is InChI=1S/C11H19NOS2/c1-10(15(2)13)5-7-12-8-6-11-4-3-9-14-11/h3-4,9-10,12H,5-8H2,1-2H3. The first-order valence-corrected chi connectivity index (χ1v) is 7.75. The van der Waals surface area contributed by atoms with E-state index in [1.54, 1.807) is 17.6 Å². The molecule has 15 heavy (non-hydrogen) atoms. The van der Waals surface area contributed by atoms with E-state index in [4.69, 9.17) is 0 Å². The van der Waals surface area contributed by atoms with Crippen LogP contribution in [0.3, 0.4) is 0 Å². The second-order valence-corrected chi connectivity index (χ2v) is 6.51. The van der Waals surface area contributed by atoms with Gasteiger partial charge in [-0.2, -0.15) is 0 Å². The summed E-state index contributed by atoms with van der Waals surface area (Å²) < 4.78 is 11.1. The van der Waals surface area contributed by atoms with Crippen molar-refractivity contribution in [1.29, 1.82) is 0 Å². The maximum atomic E-state index is 11.1. The Bertz CT molecular complexity index is 285. The molecule has 1 N–H and O–H groups in total. The number of rotatable bonds is 7. The third-order valence-electron chi connectivity index (χ3n) is 2.42. The van der Waals surface area contributed by atoms with Crippen molar-refractivity contribution in [3.8, 4) is 0 Å². The smallest absolute Gasteiger partial charge is 0.0329 e. The fourth-order valence-electron chi connectivity index (χ4n) is 1.26. The molecule has 0 aliphatic rings. The molecule has 1 aromatic heterocycles. The molecule has 4 heteroatoms. The van der Waals surface area contributed by atoms with Crippen LogP contribution in [0.15, 0.2) is 17.5 Å². The minimum atomic E-state index is -0.683. The maximum Gasteiger partial charge on any atom is 0.0329 e. The fraction of sp³-hybridized carbons (Fsp3) is 0.636. The van der Waals surface area contributed by atoms with Crippen LogP contribution in [0.25, 0.3) is 0 Å². The van der Waals surface area contributed by atoms with Gasteiger partial charge >= 0.3 is 0 Å². The van der Waals surface area contributed by atoms with Crippen LogP contribution in [-0.2, 0) is 17.2 Å². The van der Waals surface area contributed by atoms with Crippen molar-refractivity contribution in [2.75, 3.05) is 19.3 Å². The molecule has 0 aromatic carbocycles. The van der Waals surface area contributed by atoms with Crippen LogP contribution in [0.1, 0.15) is 18.2 Å². The van der Waals surface area contributed by atoms with Crippen LogP contribution in [0.2, 0.25) is 0 Å². The molecule has 0 aliphatic carbocycles. The van der Waals surface area contributed by atoms with E-state index in [9.17, 15) is 4.21 Å². The summed E-state index contributed by atoms with van der Waals surface area (Å²) in [6.07, 6.45) is 3.87. The Hall–Kier alpha value is -0.190. The second-order valence-electron chi connectivity index (χ2n) is 3.68. The molecule has 0 aliphatic heterocycles. The Morgan fingerprint density at radius 3 is 2.93 bits per heavy atom. The highest BCUT2D eigenvalue weighted by molar-refractivity contribution is 7.84. The fourth-order valence-corrected chi connectivity index (χ4v) is 2.42. The van der Waals surface area contributed by atoms with Gasteiger partial charge in [-0.3, -0.25) is 4.21 Å². The van der Waals surface area contributed by atoms with Gasteiger partial charge in [-0.1, -0.05) is 13.0 Å².